The Balaban J connectivity index is 1.42. The number of H-pyrrole nitrogens is 1. The van der Waals surface area contributed by atoms with Crippen molar-refractivity contribution in [2.75, 3.05) is 6.61 Å². The van der Waals surface area contributed by atoms with Gasteiger partial charge in [0, 0.05) is 6.42 Å². The number of aromatic nitrogens is 2. The number of aliphatic hydroxyl groups excluding tert-OH is 1. The molecule has 1 heterocycles. The van der Waals surface area contributed by atoms with Gasteiger partial charge in [-0.3, -0.25) is 0 Å². The highest BCUT2D eigenvalue weighted by atomic mass is 16.5. The Morgan fingerprint density at radius 3 is 2.39 bits per heavy atom. The van der Waals surface area contributed by atoms with E-state index in [0.717, 1.165) is 43.9 Å². The zero-order chi connectivity index (χ0) is 25.7. The van der Waals surface area contributed by atoms with Gasteiger partial charge in [-0.25, -0.2) is 14.6 Å². The summed E-state index contributed by atoms with van der Waals surface area (Å²) < 4.78 is 17.6. The Bertz CT molecular complexity index is 1430. The minimum absolute atomic E-state index is 0.156. The molecular formula is C28H30N2O6. The summed E-state index contributed by atoms with van der Waals surface area (Å²) in [6, 6.07) is 19.5. The number of nitrogens with one attached hydrogen (secondary N) is 1. The van der Waals surface area contributed by atoms with E-state index in [1.165, 1.54) is 0 Å². The fraction of sp³-hybridized carbons (Fsp3) is 0.286. The molecule has 8 nitrogen and oxygen atoms in total. The zero-order valence-electron chi connectivity index (χ0n) is 20.6. The van der Waals surface area contributed by atoms with Crippen LogP contribution in [0.1, 0.15) is 35.6 Å². The lowest BCUT2D eigenvalue weighted by atomic mass is 9.93. The second kappa shape index (κ2) is 11.1. The number of nitrogens with zero attached hydrogens (tertiary/aromatic N) is 1. The molecule has 4 aromatic rings. The quantitative estimate of drug-likeness (QED) is 0.345. The number of aliphatic hydroxyl groups is 1. The SMILES string of the molecule is Cc1cc(OCC[C@@H](C)O)ccc1-c1cccc(COc2ccc(Cn3oc(=O)[nH]c3=O)cc2)c1C. The van der Waals surface area contributed by atoms with Gasteiger partial charge >= 0.3 is 11.4 Å². The van der Waals surface area contributed by atoms with Gasteiger partial charge in [-0.1, -0.05) is 36.4 Å². The summed E-state index contributed by atoms with van der Waals surface area (Å²) >= 11 is 0. The summed E-state index contributed by atoms with van der Waals surface area (Å²) in [7, 11) is 0. The normalized spacial score (nSPS) is 11.9. The Morgan fingerprint density at radius 1 is 0.972 bits per heavy atom. The van der Waals surface area contributed by atoms with Crippen LogP contribution < -0.4 is 20.9 Å². The van der Waals surface area contributed by atoms with E-state index < -0.39 is 11.4 Å². The lowest BCUT2D eigenvalue weighted by Crippen LogP contribution is -2.17. The van der Waals surface area contributed by atoms with Gasteiger partial charge in [0.15, 0.2) is 0 Å². The second-order valence-corrected chi connectivity index (χ2v) is 8.83. The molecule has 0 aliphatic carbocycles. The molecule has 0 aliphatic heterocycles. The predicted octanol–water partition coefficient (Wildman–Crippen LogP) is 4.19. The monoisotopic (exact) mass is 490 g/mol. The summed E-state index contributed by atoms with van der Waals surface area (Å²) in [6.07, 6.45) is 0.214. The average Bonchev–Trinajstić information content (AvgIpc) is 3.16. The van der Waals surface area contributed by atoms with E-state index >= 15 is 0 Å². The summed E-state index contributed by atoms with van der Waals surface area (Å²) in [5.41, 5.74) is 5.82. The van der Waals surface area contributed by atoms with E-state index in [0.29, 0.717) is 25.4 Å². The molecule has 0 radical (unpaired) electrons. The second-order valence-electron chi connectivity index (χ2n) is 8.83. The molecule has 0 spiro atoms. The van der Waals surface area contributed by atoms with Crippen molar-refractivity contribution in [1.82, 2.24) is 9.72 Å². The standard InChI is InChI=1S/C28H30N2O6/c1-18-15-24(34-14-13-19(2)31)11-12-25(18)26-6-4-5-22(20(26)3)17-35-23-9-7-21(8-10-23)16-30-27(32)29-28(33)36-30/h4-12,15,19,31H,13-14,16-17H2,1-3H3,(H,29,32,33)/t19-/m1/s1. The van der Waals surface area contributed by atoms with Crippen LogP contribution in [0.15, 0.2) is 74.8 Å². The minimum atomic E-state index is -0.773. The summed E-state index contributed by atoms with van der Waals surface area (Å²) in [5, 5.41) is 9.41. The molecule has 1 aromatic heterocycles. The molecule has 0 unspecified atom stereocenters. The molecule has 3 aromatic carbocycles. The molecule has 1 atom stereocenters. The first-order valence-electron chi connectivity index (χ1n) is 11.8. The topological polar surface area (TPSA) is 107 Å². The highest BCUT2D eigenvalue weighted by molar-refractivity contribution is 5.72. The maximum atomic E-state index is 11.6. The van der Waals surface area contributed by atoms with Gasteiger partial charge in [0.25, 0.3) is 0 Å². The van der Waals surface area contributed by atoms with E-state index in [-0.39, 0.29) is 12.6 Å². The van der Waals surface area contributed by atoms with Crippen LogP contribution in [0.2, 0.25) is 0 Å². The van der Waals surface area contributed by atoms with E-state index in [1.807, 2.05) is 42.5 Å². The van der Waals surface area contributed by atoms with Crippen LogP contribution in [-0.4, -0.2) is 27.5 Å². The van der Waals surface area contributed by atoms with Crippen LogP contribution in [0.3, 0.4) is 0 Å². The van der Waals surface area contributed by atoms with E-state index in [2.05, 4.69) is 37.0 Å². The Kier molecular flexibility index (Phi) is 7.75. The van der Waals surface area contributed by atoms with E-state index in [9.17, 15) is 14.7 Å². The minimum Gasteiger partial charge on any atom is -0.493 e. The van der Waals surface area contributed by atoms with Crippen molar-refractivity contribution in [3.63, 3.8) is 0 Å². The van der Waals surface area contributed by atoms with Gasteiger partial charge in [0.2, 0.25) is 0 Å². The fourth-order valence-corrected chi connectivity index (χ4v) is 3.94. The molecule has 2 N–H and O–H groups in total. The van der Waals surface area contributed by atoms with Crippen molar-refractivity contribution in [2.24, 2.45) is 0 Å². The number of benzene rings is 3. The molecule has 0 amide bonds. The number of hydrogen-bond donors (Lipinski definition) is 2. The van der Waals surface area contributed by atoms with E-state index in [4.69, 9.17) is 14.0 Å². The van der Waals surface area contributed by atoms with Crippen molar-refractivity contribution in [3.05, 3.63) is 104 Å². The molecule has 0 fully saturated rings. The van der Waals surface area contributed by atoms with Crippen LogP contribution in [0.25, 0.3) is 11.1 Å². The molecular weight excluding hydrogens is 460 g/mol. The van der Waals surface area contributed by atoms with Crippen molar-refractivity contribution in [3.8, 4) is 22.6 Å². The van der Waals surface area contributed by atoms with Crippen LogP contribution in [0.4, 0.5) is 0 Å². The first-order chi connectivity index (χ1) is 17.3. The molecule has 0 saturated heterocycles. The van der Waals surface area contributed by atoms with Gasteiger partial charge < -0.3 is 19.1 Å². The Hall–Kier alpha value is -4.04. The maximum Gasteiger partial charge on any atom is 0.440 e. The van der Waals surface area contributed by atoms with Crippen molar-refractivity contribution in [2.45, 2.75) is 46.4 Å². The fourth-order valence-electron chi connectivity index (χ4n) is 3.94. The first-order valence-corrected chi connectivity index (χ1v) is 11.8. The Morgan fingerprint density at radius 2 is 1.72 bits per heavy atom. The van der Waals surface area contributed by atoms with Gasteiger partial charge in [-0.15, -0.1) is 4.74 Å². The smallest absolute Gasteiger partial charge is 0.440 e. The highest BCUT2D eigenvalue weighted by Gasteiger charge is 2.11. The molecule has 4 rings (SSSR count). The molecule has 8 heteroatoms. The molecule has 0 bridgehead atoms. The molecule has 188 valence electrons. The van der Waals surface area contributed by atoms with Gasteiger partial charge in [-0.2, -0.15) is 0 Å². The molecule has 0 aliphatic rings. The third-order valence-corrected chi connectivity index (χ3v) is 6.01. The van der Waals surface area contributed by atoms with Gasteiger partial charge in [-0.05, 0) is 78.4 Å². The Labute approximate surface area is 208 Å². The van der Waals surface area contributed by atoms with Crippen molar-refractivity contribution >= 4 is 0 Å². The van der Waals surface area contributed by atoms with Crippen LogP contribution >= 0.6 is 0 Å². The number of hydrogen-bond acceptors (Lipinski definition) is 6. The van der Waals surface area contributed by atoms with E-state index in [1.54, 1.807) is 6.92 Å². The van der Waals surface area contributed by atoms with Crippen molar-refractivity contribution in [1.29, 1.82) is 0 Å². The largest absolute Gasteiger partial charge is 0.493 e. The lowest BCUT2D eigenvalue weighted by Gasteiger charge is -2.16. The molecule has 0 saturated carbocycles. The average molecular weight is 491 g/mol. The number of aryl methyl sites for hydroxylation is 1. The number of aromatic amines is 1. The first kappa shape index (κ1) is 25.1. The lowest BCUT2D eigenvalue weighted by molar-refractivity contribution is 0.155. The third-order valence-electron chi connectivity index (χ3n) is 6.01. The predicted molar refractivity (Wildman–Crippen MR) is 137 cm³/mol. The summed E-state index contributed by atoms with van der Waals surface area (Å²) in [6.45, 7) is 6.94. The van der Waals surface area contributed by atoms with Crippen LogP contribution in [-0.2, 0) is 13.2 Å². The third kappa shape index (κ3) is 6.14. The number of ether oxygens (including phenoxy) is 2. The molecule has 36 heavy (non-hydrogen) atoms. The van der Waals surface area contributed by atoms with Crippen LogP contribution in [0, 0.1) is 13.8 Å². The van der Waals surface area contributed by atoms with Gasteiger partial charge in [0.1, 0.15) is 18.1 Å². The maximum absolute atomic E-state index is 11.6. The summed E-state index contributed by atoms with van der Waals surface area (Å²) in [4.78, 5) is 24.8. The van der Waals surface area contributed by atoms with Crippen LogP contribution in [0.5, 0.6) is 11.5 Å². The number of rotatable bonds is 10. The zero-order valence-corrected chi connectivity index (χ0v) is 20.6. The van der Waals surface area contributed by atoms with Crippen molar-refractivity contribution < 1.29 is 19.1 Å². The summed E-state index contributed by atoms with van der Waals surface area (Å²) in [5.74, 6) is 0.715. The highest BCUT2D eigenvalue weighted by Crippen LogP contribution is 2.31. The van der Waals surface area contributed by atoms with Gasteiger partial charge in [0.05, 0.1) is 19.3 Å².